The number of para-hydroxylation sites is 2. The fourth-order valence-electron chi connectivity index (χ4n) is 2.25. The number of hydrogen-bond donors (Lipinski definition) is 2. The number of nitrogens with one attached hydrogen (secondary N) is 2. The lowest BCUT2D eigenvalue weighted by molar-refractivity contribution is 0.0431. The molecule has 0 aliphatic carbocycles. The molecule has 2 amide bonds. The maximum atomic E-state index is 12.9. The van der Waals surface area contributed by atoms with Gasteiger partial charge in [-0.25, -0.2) is 9.59 Å². The molecule has 2 aromatic rings. The molecule has 1 aromatic heterocycles. The van der Waals surface area contributed by atoms with E-state index in [2.05, 4.69) is 25.9 Å². The van der Waals surface area contributed by atoms with Gasteiger partial charge in [-0.05, 0) is 58.9 Å². The second-order valence-corrected chi connectivity index (χ2v) is 8.36. The predicted octanol–water partition coefficient (Wildman–Crippen LogP) is 3.85. The van der Waals surface area contributed by atoms with Crippen molar-refractivity contribution in [2.45, 2.75) is 52.7 Å². The lowest BCUT2D eigenvalue weighted by atomic mass is 10.2. The molecular formula is C20H25N7O4. The monoisotopic (exact) mass is 427 g/mol. The summed E-state index contributed by atoms with van der Waals surface area (Å²) in [5.41, 5.74) is -1.08. The van der Waals surface area contributed by atoms with E-state index in [1.807, 2.05) is 6.07 Å². The Hall–Kier alpha value is -3.94. The summed E-state index contributed by atoms with van der Waals surface area (Å²) < 4.78 is 10.8. The van der Waals surface area contributed by atoms with Gasteiger partial charge in [0.25, 0.3) is 0 Å². The van der Waals surface area contributed by atoms with Crippen molar-refractivity contribution in [2.24, 2.45) is 0 Å². The van der Waals surface area contributed by atoms with Crippen molar-refractivity contribution in [3.63, 3.8) is 0 Å². The van der Waals surface area contributed by atoms with E-state index in [0.29, 0.717) is 5.69 Å². The van der Waals surface area contributed by atoms with Crippen LogP contribution in [0.25, 0.3) is 5.57 Å². The van der Waals surface area contributed by atoms with E-state index in [-0.39, 0.29) is 17.1 Å². The zero-order valence-corrected chi connectivity index (χ0v) is 18.3. The number of tetrazole rings is 1. The van der Waals surface area contributed by atoms with E-state index in [9.17, 15) is 14.9 Å². The van der Waals surface area contributed by atoms with Crippen LogP contribution < -0.4 is 10.2 Å². The number of amides is 2. The van der Waals surface area contributed by atoms with Gasteiger partial charge in [-0.15, -0.1) is 10.2 Å². The van der Waals surface area contributed by atoms with Gasteiger partial charge in [0.15, 0.2) is 0 Å². The van der Waals surface area contributed by atoms with Gasteiger partial charge in [0, 0.05) is 6.20 Å². The van der Waals surface area contributed by atoms with Crippen LogP contribution in [0.3, 0.4) is 0 Å². The molecule has 11 nitrogen and oxygen atoms in total. The molecule has 31 heavy (non-hydrogen) atoms. The summed E-state index contributed by atoms with van der Waals surface area (Å²) in [6, 6.07) is 8.46. The summed E-state index contributed by atoms with van der Waals surface area (Å²) in [6.07, 6.45) is -0.469. The number of carbonyl (C=O) groups excluding carboxylic acids is 2. The number of aromatic amines is 1. The summed E-state index contributed by atoms with van der Waals surface area (Å²) >= 11 is 0. The molecule has 0 spiro atoms. The number of nitriles is 1. The van der Waals surface area contributed by atoms with Crippen LogP contribution in [0, 0.1) is 11.3 Å². The van der Waals surface area contributed by atoms with Crippen LogP contribution in [0.4, 0.5) is 21.0 Å². The van der Waals surface area contributed by atoms with Crippen LogP contribution in [-0.4, -0.2) is 44.0 Å². The van der Waals surface area contributed by atoms with E-state index in [4.69, 9.17) is 9.47 Å². The number of nitrogens with zero attached hydrogens (tertiary/aromatic N) is 5. The number of H-pyrrole nitrogens is 1. The Kier molecular flexibility index (Phi) is 6.97. The number of rotatable bonds is 4. The average Bonchev–Trinajstić information content (AvgIpc) is 3.15. The number of carbonyl (C=O) groups is 2. The lowest BCUT2D eigenvalue weighted by Gasteiger charge is -2.29. The van der Waals surface area contributed by atoms with Gasteiger partial charge in [-0.1, -0.05) is 12.1 Å². The highest BCUT2D eigenvalue weighted by molar-refractivity contribution is 6.11. The molecule has 1 heterocycles. The Morgan fingerprint density at radius 2 is 1.68 bits per heavy atom. The highest BCUT2D eigenvalue weighted by Gasteiger charge is 2.33. The molecule has 0 aliphatic rings. The molecule has 2 N–H and O–H groups in total. The molecule has 164 valence electrons. The van der Waals surface area contributed by atoms with Crippen molar-refractivity contribution in [1.82, 2.24) is 20.6 Å². The van der Waals surface area contributed by atoms with E-state index < -0.39 is 23.4 Å². The van der Waals surface area contributed by atoms with Gasteiger partial charge >= 0.3 is 12.2 Å². The Morgan fingerprint density at radius 3 is 2.16 bits per heavy atom. The molecule has 2 rings (SSSR count). The van der Waals surface area contributed by atoms with E-state index in [0.717, 1.165) is 4.90 Å². The summed E-state index contributed by atoms with van der Waals surface area (Å²) in [7, 11) is 0. The lowest BCUT2D eigenvalue weighted by Crippen LogP contribution is -2.44. The molecule has 11 heteroatoms. The Morgan fingerprint density at radius 1 is 1.10 bits per heavy atom. The molecule has 0 saturated carbocycles. The summed E-state index contributed by atoms with van der Waals surface area (Å²) in [6.45, 7) is 10.1. The Labute approximate surface area is 180 Å². The molecule has 0 saturated heterocycles. The SMILES string of the molecule is CC(C)(C)OC(=O)N(C(=O)OC(C)(C)C)c1ccccc1NC=C(C#N)c1nn[nH]n1. The van der Waals surface area contributed by atoms with E-state index in [1.54, 1.807) is 65.8 Å². The minimum atomic E-state index is -0.904. The van der Waals surface area contributed by atoms with Crippen molar-refractivity contribution in [3.8, 4) is 6.07 Å². The molecule has 0 bridgehead atoms. The number of hydrogen-bond acceptors (Lipinski definition) is 9. The van der Waals surface area contributed by atoms with Crippen LogP contribution >= 0.6 is 0 Å². The predicted molar refractivity (Wildman–Crippen MR) is 113 cm³/mol. The first-order chi connectivity index (χ1) is 14.4. The van der Waals surface area contributed by atoms with Crippen LogP contribution in [0.15, 0.2) is 30.5 Å². The highest BCUT2D eigenvalue weighted by atomic mass is 16.6. The fraction of sp³-hybridized carbons (Fsp3) is 0.400. The third-order valence-corrected chi connectivity index (χ3v) is 3.38. The summed E-state index contributed by atoms with van der Waals surface area (Å²) in [5.74, 6) is 0.0867. The number of benzene rings is 1. The highest BCUT2D eigenvalue weighted by Crippen LogP contribution is 2.29. The summed E-state index contributed by atoms with van der Waals surface area (Å²) in [5, 5.41) is 25.5. The largest absolute Gasteiger partial charge is 0.443 e. The zero-order chi connectivity index (χ0) is 23.2. The molecule has 1 aromatic carbocycles. The first kappa shape index (κ1) is 23.3. The number of allylic oxidation sites excluding steroid dienone is 1. The van der Waals surface area contributed by atoms with Crippen LogP contribution in [-0.2, 0) is 9.47 Å². The second kappa shape index (κ2) is 9.25. The smallest absolute Gasteiger partial charge is 0.424 e. The number of imide groups is 1. The zero-order valence-electron chi connectivity index (χ0n) is 18.3. The maximum Gasteiger partial charge on any atom is 0.424 e. The molecule has 0 unspecified atom stereocenters. The first-order valence-corrected chi connectivity index (χ1v) is 9.37. The minimum Gasteiger partial charge on any atom is -0.443 e. The Balaban J connectivity index is 2.45. The molecular weight excluding hydrogens is 402 g/mol. The van der Waals surface area contributed by atoms with Crippen molar-refractivity contribution in [2.75, 3.05) is 10.2 Å². The van der Waals surface area contributed by atoms with Gasteiger partial charge in [-0.2, -0.15) is 15.4 Å². The standard InChI is InChI=1S/C20H25N7O4/c1-19(2,3)30-17(28)27(18(29)31-20(4,5)6)15-10-8-7-9-14(15)22-12-13(11-21)16-23-25-26-24-16/h7-10,12,22H,1-6H3,(H,23,24,25,26). The van der Waals surface area contributed by atoms with Gasteiger partial charge in [0.2, 0.25) is 5.82 Å². The molecule has 0 atom stereocenters. The number of ether oxygens (including phenoxy) is 2. The molecule has 0 radical (unpaired) electrons. The molecule has 0 aliphatic heterocycles. The van der Waals surface area contributed by atoms with Crippen LogP contribution in [0.1, 0.15) is 47.4 Å². The minimum absolute atomic E-state index is 0.0867. The van der Waals surface area contributed by atoms with Crippen molar-refractivity contribution in [1.29, 1.82) is 5.26 Å². The third kappa shape index (κ3) is 6.81. The second-order valence-electron chi connectivity index (χ2n) is 8.36. The topological polar surface area (TPSA) is 146 Å². The average molecular weight is 427 g/mol. The van der Waals surface area contributed by atoms with Crippen LogP contribution in [0.5, 0.6) is 0 Å². The van der Waals surface area contributed by atoms with Gasteiger partial charge in [0.05, 0.1) is 11.4 Å². The van der Waals surface area contributed by atoms with Crippen molar-refractivity contribution >= 4 is 29.1 Å². The normalized spacial score (nSPS) is 12.0. The Bertz CT molecular complexity index is 968. The maximum absolute atomic E-state index is 12.9. The fourth-order valence-corrected chi connectivity index (χ4v) is 2.25. The third-order valence-electron chi connectivity index (χ3n) is 3.38. The van der Waals surface area contributed by atoms with Crippen molar-refractivity contribution < 1.29 is 19.1 Å². The summed E-state index contributed by atoms with van der Waals surface area (Å²) in [4.78, 5) is 26.6. The van der Waals surface area contributed by atoms with Crippen LogP contribution in [0.2, 0.25) is 0 Å². The first-order valence-electron chi connectivity index (χ1n) is 9.37. The number of aromatic nitrogens is 4. The van der Waals surface area contributed by atoms with Gasteiger partial charge < -0.3 is 14.8 Å². The van der Waals surface area contributed by atoms with Crippen molar-refractivity contribution in [3.05, 3.63) is 36.3 Å². The van der Waals surface area contributed by atoms with E-state index in [1.165, 1.54) is 6.20 Å². The quantitative estimate of drug-likeness (QED) is 0.694. The van der Waals surface area contributed by atoms with Gasteiger partial charge in [0.1, 0.15) is 22.8 Å². The van der Waals surface area contributed by atoms with Gasteiger partial charge in [-0.3, -0.25) is 0 Å². The van der Waals surface area contributed by atoms with E-state index >= 15 is 0 Å². The molecule has 0 fully saturated rings. The number of anilines is 2.